The molecule has 196 valence electrons. The normalized spacial score (nSPS) is 16.5. The molecule has 2 N–H and O–H groups in total. The van der Waals surface area contributed by atoms with Crippen LogP contribution in [0.15, 0.2) is 48.9 Å². The predicted molar refractivity (Wildman–Crippen MR) is 145 cm³/mol. The number of aromatic nitrogens is 5. The van der Waals surface area contributed by atoms with Crippen LogP contribution in [0.3, 0.4) is 0 Å². The fraction of sp³-hybridized carbons (Fsp3) is 0.393. The van der Waals surface area contributed by atoms with Crippen molar-refractivity contribution < 1.29 is 9.53 Å². The van der Waals surface area contributed by atoms with E-state index in [2.05, 4.69) is 60.0 Å². The second kappa shape index (κ2) is 10.5. The van der Waals surface area contributed by atoms with Gasteiger partial charge in [-0.1, -0.05) is 12.1 Å². The number of imidazole rings is 1. The van der Waals surface area contributed by atoms with Crippen LogP contribution < -0.4 is 15.4 Å². The molecule has 0 atom stereocenters. The summed E-state index contributed by atoms with van der Waals surface area (Å²) in [5, 5.41) is 7.07. The maximum Gasteiger partial charge on any atom is 0.258 e. The minimum atomic E-state index is -0.306. The van der Waals surface area contributed by atoms with Crippen LogP contribution in [0.25, 0.3) is 22.2 Å². The standard InChI is InChI=1S/C28H32N8O2/c1-18(2)35-10-6-22(7-11-35)38-26-14-20(5-8-30-26)27(37)34-28-32-15-21-4-3-19(13-23(21)33-28)24-16-31-25-17-29-9-12-36(24)25/h3-5,8,13-16,18,22,29H,6-7,9-12,17H2,1-2H3,(H,32,33,34,37). The summed E-state index contributed by atoms with van der Waals surface area (Å²) in [6.07, 6.45) is 7.23. The molecular formula is C28H32N8O2. The van der Waals surface area contributed by atoms with Crippen molar-refractivity contribution in [3.8, 4) is 17.1 Å². The van der Waals surface area contributed by atoms with Crippen LogP contribution in [0.5, 0.6) is 5.88 Å². The van der Waals surface area contributed by atoms with Gasteiger partial charge < -0.3 is 19.5 Å². The molecule has 1 fully saturated rings. The molecule has 38 heavy (non-hydrogen) atoms. The molecule has 5 heterocycles. The lowest BCUT2D eigenvalue weighted by Crippen LogP contribution is -2.41. The number of hydrogen-bond acceptors (Lipinski definition) is 8. The van der Waals surface area contributed by atoms with Gasteiger partial charge in [0, 0.05) is 67.2 Å². The monoisotopic (exact) mass is 512 g/mol. The van der Waals surface area contributed by atoms with Crippen molar-refractivity contribution in [3.05, 3.63) is 60.3 Å². The number of amides is 1. The van der Waals surface area contributed by atoms with Crippen LogP contribution in [0, 0.1) is 0 Å². The molecule has 1 aromatic carbocycles. The maximum absolute atomic E-state index is 13.0. The number of anilines is 1. The molecule has 0 saturated carbocycles. The Labute approximate surface area is 221 Å². The summed E-state index contributed by atoms with van der Waals surface area (Å²) >= 11 is 0. The van der Waals surface area contributed by atoms with Crippen molar-refractivity contribution in [1.29, 1.82) is 0 Å². The molecule has 0 spiro atoms. The molecule has 3 aromatic heterocycles. The number of carbonyl (C=O) groups is 1. The lowest BCUT2D eigenvalue weighted by molar-refractivity contribution is 0.0810. The summed E-state index contributed by atoms with van der Waals surface area (Å²) in [6, 6.07) is 9.96. The summed E-state index contributed by atoms with van der Waals surface area (Å²) in [4.78, 5) is 33.3. The Morgan fingerprint density at radius 3 is 2.79 bits per heavy atom. The Kier molecular flexibility index (Phi) is 6.73. The summed E-state index contributed by atoms with van der Waals surface area (Å²) in [5.41, 5.74) is 3.30. The highest BCUT2D eigenvalue weighted by Gasteiger charge is 2.23. The van der Waals surface area contributed by atoms with E-state index in [0.29, 0.717) is 17.5 Å². The molecule has 0 bridgehead atoms. The van der Waals surface area contributed by atoms with E-state index in [9.17, 15) is 4.79 Å². The van der Waals surface area contributed by atoms with E-state index in [0.717, 1.165) is 73.6 Å². The van der Waals surface area contributed by atoms with Crippen LogP contribution in [-0.2, 0) is 13.1 Å². The first-order valence-electron chi connectivity index (χ1n) is 13.2. The molecule has 0 aliphatic carbocycles. The second-order valence-corrected chi connectivity index (χ2v) is 10.1. The topological polar surface area (TPSA) is 110 Å². The van der Waals surface area contributed by atoms with Crippen molar-refractivity contribution in [2.75, 3.05) is 25.0 Å². The Morgan fingerprint density at radius 1 is 1.08 bits per heavy atom. The van der Waals surface area contributed by atoms with Gasteiger partial charge in [-0.25, -0.2) is 19.9 Å². The highest BCUT2D eigenvalue weighted by molar-refractivity contribution is 6.03. The SMILES string of the molecule is CC(C)N1CCC(Oc2cc(C(=O)Nc3ncc4ccc(-c5cnc6n5CCNC6)cc4n3)ccn2)CC1. The highest BCUT2D eigenvalue weighted by Crippen LogP contribution is 2.26. The predicted octanol–water partition coefficient (Wildman–Crippen LogP) is 3.50. The number of fused-ring (bicyclic) bond motifs is 2. The Bertz CT molecular complexity index is 1460. The summed E-state index contributed by atoms with van der Waals surface area (Å²) in [6.45, 7) is 9.00. The van der Waals surface area contributed by atoms with Gasteiger partial charge in [0.15, 0.2) is 0 Å². The van der Waals surface area contributed by atoms with Crippen LogP contribution in [0.2, 0.25) is 0 Å². The van der Waals surface area contributed by atoms with E-state index in [-0.39, 0.29) is 18.0 Å². The quantitative estimate of drug-likeness (QED) is 0.404. The first kappa shape index (κ1) is 24.4. The van der Waals surface area contributed by atoms with Gasteiger partial charge in [-0.05, 0) is 38.8 Å². The summed E-state index contributed by atoms with van der Waals surface area (Å²) in [5.74, 6) is 1.44. The lowest BCUT2D eigenvalue weighted by Gasteiger charge is -2.34. The van der Waals surface area contributed by atoms with Gasteiger partial charge in [0.05, 0.1) is 24.0 Å². The number of nitrogens with one attached hydrogen (secondary N) is 2. The van der Waals surface area contributed by atoms with Crippen molar-refractivity contribution in [2.24, 2.45) is 0 Å². The Morgan fingerprint density at radius 2 is 1.95 bits per heavy atom. The third-order valence-corrected chi connectivity index (χ3v) is 7.33. The average Bonchev–Trinajstić information content (AvgIpc) is 3.37. The molecular weight excluding hydrogens is 480 g/mol. The van der Waals surface area contributed by atoms with E-state index < -0.39 is 0 Å². The van der Waals surface area contributed by atoms with Gasteiger partial charge in [-0.3, -0.25) is 10.1 Å². The van der Waals surface area contributed by atoms with Crippen molar-refractivity contribution in [3.63, 3.8) is 0 Å². The van der Waals surface area contributed by atoms with Crippen molar-refractivity contribution in [2.45, 2.75) is 51.9 Å². The number of ether oxygens (including phenoxy) is 1. The number of hydrogen-bond donors (Lipinski definition) is 2. The van der Waals surface area contributed by atoms with Gasteiger partial charge in [0.25, 0.3) is 5.91 Å². The minimum absolute atomic E-state index is 0.103. The zero-order valence-electron chi connectivity index (χ0n) is 21.7. The molecule has 10 nitrogen and oxygen atoms in total. The fourth-order valence-corrected chi connectivity index (χ4v) is 5.14. The first-order valence-corrected chi connectivity index (χ1v) is 13.2. The molecule has 2 aliphatic heterocycles. The summed E-state index contributed by atoms with van der Waals surface area (Å²) in [7, 11) is 0. The Balaban J connectivity index is 1.16. The third kappa shape index (κ3) is 5.09. The molecule has 1 amide bonds. The van der Waals surface area contributed by atoms with Crippen molar-refractivity contribution in [1.82, 2.24) is 34.7 Å². The highest BCUT2D eigenvalue weighted by atomic mass is 16.5. The molecule has 2 aliphatic rings. The number of piperidine rings is 1. The number of pyridine rings is 1. The van der Waals surface area contributed by atoms with E-state index >= 15 is 0 Å². The zero-order chi connectivity index (χ0) is 26.1. The van der Waals surface area contributed by atoms with Gasteiger partial charge in [-0.15, -0.1) is 0 Å². The average molecular weight is 513 g/mol. The van der Waals surface area contributed by atoms with Crippen LogP contribution in [0.4, 0.5) is 5.95 Å². The number of likely N-dealkylation sites (tertiary alicyclic amines) is 1. The van der Waals surface area contributed by atoms with Gasteiger partial charge in [0.2, 0.25) is 11.8 Å². The van der Waals surface area contributed by atoms with Gasteiger partial charge in [0.1, 0.15) is 11.9 Å². The second-order valence-electron chi connectivity index (χ2n) is 10.1. The maximum atomic E-state index is 13.0. The number of carbonyl (C=O) groups excluding carboxylic acids is 1. The fourth-order valence-electron chi connectivity index (χ4n) is 5.14. The summed E-state index contributed by atoms with van der Waals surface area (Å²) < 4.78 is 8.34. The van der Waals surface area contributed by atoms with Gasteiger partial charge >= 0.3 is 0 Å². The first-order chi connectivity index (χ1) is 18.5. The molecule has 0 radical (unpaired) electrons. The van der Waals surface area contributed by atoms with Gasteiger partial charge in [-0.2, -0.15) is 0 Å². The van der Waals surface area contributed by atoms with E-state index in [1.54, 1.807) is 24.5 Å². The number of rotatable bonds is 6. The molecule has 10 heteroatoms. The minimum Gasteiger partial charge on any atom is -0.474 e. The van der Waals surface area contributed by atoms with Crippen LogP contribution in [-0.4, -0.2) is 67.1 Å². The van der Waals surface area contributed by atoms with E-state index in [4.69, 9.17) is 4.74 Å². The van der Waals surface area contributed by atoms with Crippen LogP contribution in [0.1, 0.15) is 42.9 Å². The molecule has 1 saturated heterocycles. The largest absolute Gasteiger partial charge is 0.474 e. The molecule has 4 aromatic rings. The Hall–Kier alpha value is -3.89. The number of nitrogens with zero attached hydrogens (tertiary/aromatic N) is 6. The van der Waals surface area contributed by atoms with E-state index in [1.807, 2.05) is 18.3 Å². The number of benzene rings is 1. The van der Waals surface area contributed by atoms with E-state index in [1.165, 1.54) is 0 Å². The molecule has 0 unspecified atom stereocenters. The molecule has 6 rings (SSSR count). The zero-order valence-corrected chi connectivity index (χ0v) is 21.7. The lowest BCUT2D eigenvalue weighted by atomic mass is 10.1. The third-order valence-electron chi connectivity index (χ3n) is 7.33. The van der Waals surface area contributed by atoms with Crippen LogP contribution >= 0.6 is 0 Å². The smallest absolute Gasteiger partial charge is 0.258 e. The van der Waals surface area contributed by atoms with Crippen molar-refractivity contribution >= 4 is 22.8 Å².